The molecule has 4 heteroatoms. The molecule has 0 saturated carbocycles. The summed E-state index contributed by atoms with van der Waals surface area (Å²) in [4.78, 5) is 5.39. The molecule has 0 amide bonds. The lowest BCUT2D eigenvalue weighted by atomic mass is 10.0. The van der Waals surface area contributed by atoms with Gasteiger partial charge in [-0.3, -0.25) is 4.84 Å². The van der Waals surface area contributed by atoms with Crippen molar-refractivity contribution in [1.29, 1.82) is 0 Å². The highest BCUT2D eigenvalue weighted by atomic mass is 35.5. The molecule has 0 aliphatic heterocycles. The minimum Gasteiger partial charge on any atom is -0.256 e. The van der Waals surface area contributed by atoms with Crippen molar-refractivity contribution >= 4 is 23.6 Å². The minimum absolute atomic E-state index is 0.313. The lowest BCUT2D eigenvalue weighted by Gasteiger charge is -2.18. The first-order valence-electron chi connectivity index (χ1n) is 5.16. The molecular formula is C13H11Cl2NO. The quantitative estimate of drug-likeness (QED) is 0.605. The first-order valence-corrected chi connectivity index (χ1v) is 5.83. The molecule has 0 spiro atoms. The maximum atomic E-state index is 5.55. The molecule has 0 aliphatic carbocycles. The molecule has 0 atom stereocenters. The predicted molar refractivity (Wildman–Crippen MR) is 69.4 cm³/mol. The Morgan fingerprint density at radius 1 is 0.765 bits per heavy atom. The lowest BCUT2D eigenvalue weighted by molar-refractivity contribution is -0.0558. The van der Waals surface area contributed by atoms with Crippen LogP contribution in [0, 0.1) is 0 Å². The Morgan fingerprint density at radius 3 is 1.53 bits per heavy atom. The van der Waals surface area contributed by atoms with Crippen LogP contribution in [0.15, 0.2) is 60.7 Å². The van der Waals surface area contributed by atoms with Crippen molar-refractivity contribution in [1.82, 2.24) is 4.10 Å². The fourth-order valence-corrected chi connectivity index (χ4v) is 1.81. The first-order chi connectivity index (χ1) is 8.27. The van der Waals surface area contributed by atoms with Gasteiger partial charge in [0.25, 0.3) is 0 Å². The van der Waals surface area contributed by atoms with E-state index in [4.69, 9.17) is 28.4 Å². The number of rotatable bonds is 4. The van der Waals surface area contributed by atoms with Crippen molar-refractivity contribution < 1.29 is 4.84 Å². The standard InChI is InChI=1S/C13H11Cl2NO/c14-16(15)17-13(11-7-3-1-4-8-11)12-9-5-2-6-10-12/h1-10,13H. The molecule has 0 saturated heterocycles. The van der Waals surface area contributed by atoms with Gasteiger partial charge in [0.1, 0.15) is 6.10 Å². The molecule has 2 aromatic carbocycles. The Bertz CT molecular complexity index is 408. The smallest absolute Gasteiger partial charge is 0.132 e. The van der Waals surface area contributed by atoms with E-state index in [9.17, 15) is 0 Å². The Hall–Kier alpha value is -1.06. The second kappa shape index (κ2) is 6.03. The second-order valence-electron chi connectivity index (χ2n) is 3.51. The average molecular weight is 268 g/mol. The molecule has 0 unspecified atom stereocenters. The zero-order chi connectivity index (χ0) is 12.1. The summed E-state index contributed by atoms with van der Waals surface area (Å²) < 4.78 is 0.685. The van der Waals surface area contributed by atoms with Crippen LogP contribution in [-0.2, 0) is 4.84 Å². The SMILES string of the molecule is ClN(Cl)OC(c1ccccc1)c1ccccc1. The van der Waals surface area contributed by atoms with Crippen LogP contribution in [0.1, 0.15) is 17.2 Å². The van der Waals surface area contributed by atoms with Gasteiger partial charge >= 0.3 is 0 Å². The monoisotopic (exact) mass is 267 g/mol. The number of halogens is 2. The third-order valence-corrected chi connectivity index (χ3v) is 2.55. The van der Waals surface area contributed by atoms with Gasteiger partial charge in [0.05, 0.1) is 0 Å². The second-order valence-corrected chi connectivity index (χ2v) is 4.30. The number of hydrogen-bond acceptors (Lipinski definition) is 2. The molecule has 0 fully saturated rings. The number of nitrogens with zero attached hydrogens (tertiary/aromatic N) is 1. The van der Waals surface area contributed by atoms with Gasteiger partial charge in [-0.15, -0.1) is 0 Å². The van der Waals surface area contributed by atoms with Gasteiger partial charge in [0, 0.05) is 23.6 Å². The van der Waals surface area contributed by atoms with Crippen molar-refractivity contribution in [3.05, 3.63) is 71.8 Å². The predicted octanol–water partition coefficient (Wildman–Crippen LogP) is 4.32. The minimum atomic E-state index is -0.313. The molecule has 0 aliphatic rings. The van der Waals surface area contributed by atoms with E-state index in [1.54, 1.807) is 0 Å². The van der Waals surface area contributed by atoms with Crippen LogP contribution in [0.25, 0.3) is 0 Å². The molecule has 0 aromatic heterocycles. The van der Waals surface area contributed by atoms with Crippen molar-refractivity contribution in [3.8, 4) is 0 Å². The molecule has 0 bridgehead atoms. The first kappa shape index (κ1) is 12.4. The van der Waals surface area contributed by atoms with E-state index >= 15 is 0 Å². The van der Waals surface area contributed by atoms with Crippen LogP contribution in [0.3, 0.4) is 0 Å². The largest absolute Gasteiger partial charge is 0.256 e. The Balaban J connectivity index is 2.32. The molecule has 2 nitrogen and oxygen atoms in total. The molecular weight excluding hydrogens is 257 g/mol. The third-order valence-electron chi connectivity index (χ3n) is 2.39. The normalized spacial score (nSPS) is 11.1. The van der Waals surface area contributed by atoms with E-state index in [2.05, 4.69) is 0 Å². The Morgan fingerprint density at radius 2 is 1.18 bits per heavy atom. The van der Waals surface area contributed by atoms with E-state index in [-0.39, 0.29) is 6.10 Å². The zero-order valence-electron chi connectivity index (χ0n) is 8.96. The summed E-state index contributed by atoms with van der Waals surface area (Å²) in [6.45, 7) is 0. The third kappa shape index (κ3) is 3.45. The molecule has 0 radical (unpaired) electrons. The molecule has 88 valence electrons. The van der Waals surface area contributed by atoms with Crippen LogP contribution < -0.4 is 0 Å². The Labute approximate surface area is 111 Å². The molecule has 17 heavy (non-hydrogen) atoms. The fourth-order valence-electron chi connectivity index (χ4n) is 1.65. The molecule has 2 aromatic rings. The van der Waals surface area contributed by atoms with Gasteiger partial charge in [-0.25, -0.2) is 0 Å². The van der Waals surface area contributed by atoms with Crippen LogP contribution in [0.4, 0.5) is 0 Å². The van der Waals surface area contributed by atoms with E-state index in [0.717, 1.165) is 11.1 Å². The van der Waals surface area contributed by atoms with Gasteiger partial charge in [0.15, 0.2) is 0 Å². The zero-order valence-corrected chi connectivity index (χ0v) is 10.5. The van der Waals surface area contributed by atoms with E-state index in [1.165, 1.54) is 0 Å². The van der Waals surface area contributed by atoms with Crippen LogP contribution in [0.2, 0.25) is 0 Å². The van der Waals surface area contributed by atoms with Gasteiger partial charge in [-0.2, -0.15) is 0 Å². The van der Waals surface area contributed by atoms with Gasteiger partial charge in [-0.1, -0.05) is 60.7 Å². The summed E-state index contributed by atoms with van der Waals surface area (Å²) in [6.07, 6.45) is -0.313. The lowest BCUT2D eigenvalue weighted by Crippen LogP contribution is -2.10. The fraction of sp³-hybridized carbons (Fsp3) is 0.0769. The summed E-state index contributed by atoms with van der Waals surface area (Å²) in [5, 5.41) is 0. The highest BCUT2D eigenvalue weighted by molar-refractivity contribution is 6.32. The van der Waals surface area contributed by atoms with E-state index in [0.29, 0.717) is 4.10 Å². The number of hydrogen-bond donors (Lipinski definition) is 0. The summed E-state index contributed by atoms with van der Waals surface area (Å²) in [6, 6.07) is 19.6. The van der Waals surface area contributed by atoms with Gasteiger partial charge in [0.2, 0.25) is 0 Å². The summed E-state index contributed by atoms with van der Waals surface area (Å²) >= 11 is 11.1. The van der Waals surface area contributed by atoms with Crippen LogP contribution in [0.5, 0.6) is 0 Å². The van der Waals surface area contributed by atoms with Gasteiger partial charge in [-0.05, 0) is 15.2 Å². The summed E-state index contributed by atoms with van der Waals surface area (Å²) in [5.74, 6) is 0. The molecule has 0 heterocycles. The highest BCUT2D eigenvalue weighted by Crippen LogP contribution is 2.27. The van der Waals surface area contributed by atoms with Crippen molar-refractivity contribution in [2.24, 2.45) is 0 Å². The average Bonchev–Trinajstić information content (AvgIpc) is 2.38. The van der Waals surface area contributed by atoms with Crippen molar-refractivity contribution in [2.75, 3.05) is 0 Å². The molecule has 0 N–H and O–H groups in total. The summed E-state index contributed by atoms with van der Waals surface area (Å²) in [5.41, 5.74) is 1.98. The summed E-state index contributed by atoms with van der Waals surface area (Å²) in [7, 11) is 0. The highest BCUT2D eigenvalue weighted by Gasteiger charge is 2.17. The van der Waals surface area contributed by atoms with E-state index in [1.807, 2.05) is 60.7 Å². The van der Waals surface area contributed by atoms with E-state index < -0.39 is 0 Å². The number of benzene rings is 2. The maximum absolute atomic E-state index is 5.55. The molecule has 2 rings (SSSR count). The van der Waals surface area contributed by atoms with Crippen molar-refractivity contribution in [2.45, 2.75) is 6.10 Å². The van der Waals surface area contributed by atoms with Crippen LogP contribution >= 0.6 is 23.6 Å². The Kier molecular flexibility index (Phi) is 4.40. The van der Waals surface area contributed by atoms with Crippen LogP contribution in [-0.4, -0.2) is 4.10 Å². The maximum Gasteiger partial charge on any atom is 0.132 e. The topological polar surface area (TPSA) is 12.5 Å². The van der Waals surface area contributed by atoms with Crippen molar-refractivity contribution in [3.63, 3.8) is 0 Å². The van der Waals surface area contributed by atoms with Gasteiger partial charge < -0.3 is 0 Å².